The lowest BCUT2D eigenvalue weighted by atomic mass is 9.87. The van der Waals surface area contributed by atoms with Gasteiger partial charge in [0.1, 0.15) is 24.0 Å². The van der Waals surface area contributed by atoms with E-state index in [0.29, 0.717) is 59.5 Å². The fourth-order valence-electron chi connectivity index (χ4n) is 4.34. The van der Waals surface area contributed by atoms with Gasteiger partial charge < -0.3 is 15.0 Å². The molecule has 1 heterocycles. The number of likely N-dealkylation sites (N-methyl/N-ethyl adjacent to an activating group) is 1. The molecular weight excluding hydrogens is 517 g/mol. The van der Waals surface area contributed by atoms with Gasteiger partial charge >= 0.3 is 0 Å². The average Bonchev–Trinajstić information content (AvgIpc) is 3.31. The maximum absolute atomic E-state index is 14.9. The van der Waals surface area contributed by atoms with Gasteiger partial charge in [-0.3, -0.25) is 9.89 Å². The van der Waals surface area contributed by atoms with Crippen molar-refractivity contribution in [2.24, 2.45) is 0 Å². The van der Waals surface area contributed by atoms with Crippen LogP contribution >= 0.6 is 0 Å². The van der Waals surface area contributed by atoms with Crippen LogP contribution in [0.1, 0.15) is 30.0 Å². The second-order valence-electron chi connectivity index (χ2n) is 9.31. The van der Waals surface area contributed by atoms with E-state index >= 15 is 0 Å². The van der Waals surface area contributed by atoms with E-state index in [1.165, 1.54) is 23.1 Å². The van der Waals surface area contributed by atoms with E-state index in [0.717, 1.165) is 11.6 Å². The predicted molar refractivity (Wildman–Crippen MR) is 151 cm³/mol. The van der Waals surface area contributed by atoms with E-state index in [9.17, 15) is 18.0 Å². The van der Waals surface area contributed by atoms with E-state index in [1.807, 2.05) is 37.3 Å². The van der Waals surface area contributed by atoms with Crippen LogP contribution in [0.4, 0.5) is 13.2 Å². The third-order valence-electron chi connectivity index (χ3n) is 6.36. The number of aromatic nitrogens is 2. The minimum absolute atomic E-state index is 0.0743. The van der Waals surface area contributed by atoms with Crippen molar-refractivity contribution in [1.82, 2.24) is 20.4 Å². The van der Waals surface area contributed by atoms with Gasteiger partial charge in [-0.25, -0.2) is 8.78 Å². The maximum Gasteiger partial charge on any atom is 0.245 e. The molecule has 0 saturated carbocycles. The number of allylic oxidation sites excluding steroid dienone is 1. The molecule has 9 heteroatoms. The molecule has 0 radical (unpaired) electrons. The number of nitrogens with one attached hydrogen (secondary N) is 2. The average molecular weight is 549 g/mol. The van der Waals surface area contributed by atoms with Gasteiger partial charge in [0.2, 0.25) is 11.9 Å². The van der Waals surface area contributed by atoms with E-state index in [-0.39, 0.29) is 11.5 Å². The van der Waals surface area contributed by atoms with Crippen LogP contribution in [0.15, 0.2) is 72.8 Å². The quantitative estimate of drug-likeness (QED) is 0.138. The van der Waals surface area contributed by atoms with E-state index in [1.54, 1.807) is 32.3 Å². The SMILES string of the molecule is CCC(=C(c1ccc(OCCNCC=CC(=O)N(C)C)cc1)c1ccc2n[nH]c(F)c2c1)c1ccc(F)cc1F. The maximum atomic E-state index is 14.9. The molecular formula is C31H31F3N4O2. The minimum Gasteiger partial charge on any atom is -0.492 e. The number of fused-ring (bicyclic) bond motifs is 1. The number of nitrogens with zero attached hydrogens (tertiary/aromatic N) is 2. The van der Waals surface area contributed by atoms with Crippen LogP contribution in [0.2, 0.25) is 0 Å². The Balaban J connectivity index is 1.58. The first-order valence-electron chi connectivity index (χ1n) is 12.9. The molecule has 0 fully saturated rings. The monoisotopic (exact) mass is 548 g/mol. The van der Waals surface area contributed by atoms with Crippen LogP contribution in [0, 0.1) is 17.6 Å². The highest BCUT2D eigenvalue weighted by Gasteiger charge is 2.18. The van der Waals surface area contributed by atoms with Gasteiger partial charge in [-0.05, 0) is 65.1 Å². The van der Waals surface area contributed by atoms with Crippen LogP contribution in [0.3, 0.4) is 0 Å². The molecule has 2 N–H and O–H groups in total. The number of hydrogen-bond acceptors (Lipinski definition) is 4. The van der Waals surface area contributed by atoms with Crippen molar-refractivity contribution in [1.29, 1.82) is 0 Å². The van der Waals surface area contributed by atoms with Gasteiger partial charge in [0.05, 0.1) is 10.9 Å². The van der Waals surface area contributed by atoms with Crippen LogP contribution in [0.25, 0.3) is 22.0 Å². The summed E-state index contributed by atoms with van der Waals surface area (Å²) in [7, 11) is 3.39. The number of halogens is 3. The number of carbonyl (C=O) groups is 1. The zero-order valence-electron chi connectivity index (χ0n) is 22.6. The Bertz CT molecular complexity index is 1540. The van der Waals surface area contributed by atoms with Crippen LogP contribution in [-0.2, 0) is 4.79 Å². The molecule has 0 atom stereocenters. The van der Waals surface area contributed by atoms with Gasteiger partial charge in [-0.15, -0.1) is 0 Å². The number of rotatable bonds is 11. The summed E-state index contributed by atoms with van der Waals surface area (Å²) in [6.45, 7) is 3.42. The van der Waals surface area contributed by atoms with Crippen molar-refractivity contribution in [3.8, 4) is 5.75 Å². The minimum atomic E-state index is -0.668. The highest BCUT2D eigenvalue weighted by Crippen LogP contribution is 2.37. The molecule has 6 nitrogen and oxygen atoms in total. The standard InChI is InChI=1S/C31H31F3N4O2/c1-4-24(25-13-10-22(32)19-27(25)33)30(21-9-14-28-26(18-21)31(34)37-36-28)20-7-11-23(12-8-20)40-17-16-35-15-5-6-29(39)38(2)3/h5-14,18-19,35H,4,15-17H2,1-3H3,(H,36,37). The molecule has 0 saturated heterocycles. The molecule has 0 aliphatic rings. The van der Waals surface area contributed by atoms with E-state index < -0.39 is 17.6 Å². The van der Waals surface area contributed by atoms with Gasteiger partial charge in [0, 0.05) is 44.9 Å². The molecule has 208 valence electrons. The number of hydrogen-bond donors (Lipinski definition) is 2. The number of aromatic amines is 1. The Kier molecular flexibility index (Phi) is 9.39. The largest absolute Gasteiger partial charge is 0.492 e. The molecule has 0 spiro atoms. The highest BCUT2D eigenvalue weighted by molar-refractivity contribution is 6.00. The number of amides is 1. The Hall–Kier alpha value is -4.37. The first-order chi connectivity index (χ1) is 19.3. The molecule has 40 heavy (non-hydrogen) atoms. The topological polar surface area (TPSA) is 70.2 Å². The fraction of sp³-hybridized carbons (Fsp3) is 0.226. The zero-order valence-corrected chi connectivity index (χ0v) is 22.6. The molecule has 0 aliphatic heterocycles. The zero-order chi connectivity index (χ0) is 28.6. The summed E-state index contributed by atoms with van der Waals surface area (Å²) in [6.07, 6.45) is 3.72. The summed E-state index contributed by atoms with van der Waals surface area (Å²) in [4.78, 5) is 13.0. The van der Waals surface area contributed by atoms with Crippen molar-refractivity contribution in [3.05, 3.63) is 107 Å². The third kappa shape index (κ3) is 6.79. The summed E-state index contributed by atoms with van der Waals surface area (Å²) >= 11 is 0. The molecule has 0 bridgehead atoms. The van der Waals surface area contributed by atoms with E-state index in [4.69, 9.17) is 4.74 Å². The van der Waals surface area contributed by atoms with Crippen molar-refractivity contribution in [2.75, 3.05) is 33.8 Å². The summed E-state index contributed by atoms with van der Waals surface area (Å²) in [5, 5.41) is 9.80. The lowest BCUT2D eigenvalue weighted by molar-refractivity contribution is -0.123. The number of benzene rings is 3. The summed E-state index contributed by atoms with van der Waals surface area (Å²) in [6, 6.07) is 16.1. The summed E-state index contributed by atoms with van der Waals surface area (Å²) in [5.41, 5.74) is 3.54. The van der Waals surface area contributed by atoms with Crippen molar-refractivity contribution in [3.63, 3.8) is 0 Å². The van der Waals surface area contributed by atoms with Crippen LogP contribution in [0.5, 0.6) is 5.75 Å². The molecule has 0 unspecified atom stereocenters. The molecule has 0 aliphatic carbocycles. The highest BCUT2D eigenvalue weighted by atomic mass is 19.1. The van der Waals surface area contributed by atoms with Gasteiger partial charge in [-0.2, -0.15) is 9.49 Å². The van der Waals surface area contributed by atoms with Crippen molar-refractivity contribution < 1.29 is 22.7 Å². The van der Waals surface area contributed by atoms with Gasteiger partial charge in [0.25, 0.3) is 0 Å². The number of H-pyrrole nitrogens is 1. The lowest BCUT2D eigenvalue weighted by Gasteiger charge is -2.17. The summed E-state index contributed by atoms with van der Waals surface area (Å²) < 4.78 is 48.8. The first kappa shape index (κ1) is 28.6. The smallest absolute Gasteiger partial charge is 0.245 e. The normalized spacial score (nSPS) is 12.2. The van der Waals surface area contributed by atoms with E-state index in [2.05, 4.69) is 15.5 Å². The molecule has 4 aromatic rings. The van der Waals surface area contributed by atoms with Crippen molar-refractivity contribution >= 4 is 28.0 Å². The second-order valence-corrected chi connectivity index (χ2v) is 9.31. The predicted octanol–water partition coefficient (Wildman–Crippen LogP) is 5.96. The van der Waals surface area contributed by atoms with Gasteiger partial charge in [-0.1, -0.05) is 31.2 Å². The van der Waals surface area contributed by atoms with Crippen LogP contribution < -0.4 is 10.1 Å². The molecule has 1 amide bonds. The lowest BCUT2D eigenvalue weighted by Crippen LogP contribution is -2.22. The third-order valence-corrected chi connectivity index (χ3v) is 6.36. The Morgan fingerprint density at radius 2 is 1.77 bits per heavy atom. The fourth-order valence-corrected chi connectivity index (χ4v) is 4.34. The Labute approximate surface area is 231 Å². The van der Waals surface area contributed by atoms with Gasteiger partial charge in [0.15, 0.2) is 0 Å². The Morgan fingerprint density at radius 1 is 1.02 bits per heavy atom. The Morgan fingerprint density at radius 3 is 2.48 bits per heavy atom. The molecule has 1 aromatic heterocycles. The number of carbonyl (C=O) groups excluding carboxylic acids is 1. The van der Waals surface area contributed by atoms with Crippen LogP contribution in [-0.4, -0.2) is 54.8 Å². The summed E-state index contributed by atoms with van der Waals surface area (Å²) in [5.74, 6) is -1.31. The molecule has 4 rings (SSSR count). The second kappa shape index (κ2) is 13.1. The molecule has 3 aromatic carbocycles. The van der Waals surface area contributed by atoms with Crippen molar-refractivity contribution in [2.45, 2.75) is 13.3 Å². The number of ether oxygens (including phenoxy) is 1. The first-order valence-corrected chi connectivity index (χ1v) is 12.9.